The van der Waals surface area contributed by atoms with E-state index in [2.05, 4.69) is 4.74 Å². The topological polar surface area (TPSA) is 80.8 Å². The number of ether oxygens (including phenoxy) is 1. The number of amides is 2. The Balaban J connectivity index is 2.34. The normalized spacial score (nSPS) is 14.9. The van der Waals surface area contributed by atoms with Crippen LogP contribution in [-0.2, 0) is 14.3 Å². The number of benzene rings is 1. The summed E-state index contributed by atoms with van der Waals surface area (Å²) < 4.78 is 4.51. The molecule has 2 amide bonds. The van der Waals surface area contributed by atoms with Crippen LogP contribution in [0.4, 0.5) is 0 Å². The van der Waals surface area contributed by atoms with Gasteiger partial charge in [0.1, 0.15) is 6.42 Å². The SMILES string of the molecule is COC(=O)CC(=O)[C@H](CC(C)C)N1C(=O)c2ccccc2C1=O. The first-order chi connectivity index (χ1) is 10.9. The molecule has 0 spiro atoms. The number of nitrogens with zero attached hydrogens (tertiary/aromatic N) is 1. The van der Waals surface area contributed by atoms with E-state index >= 15 is 0 Å². The van der Waals surface area contributed by atoms with E-state index in [1.165, 1.54) is 7.11 Å². The lowest BCUT2D eigenvalue weighted by Gasteiger charge is -2.26. The van der Waals surface area contributed by atoms with Crippen molar-refractivity contribution in [3.8, 4) is 0 Å². The molecule has 0 saturated heterocycles. The number of hydrogen-bond donors (Lipinski definition) is 0. The molecule has 23 heavy (non-hydrogen) atoms. The molecule has 1 aromatic carbocycles. The molecule has 0 aliphatic carbocycles. The summed E-state index contributed by atoms with van der Waals surface area (Å²) in [7, 11) is 1.19. The summed E-state index contributed by atoms with van der Waals surface area (Å²) in [5.41, 5.74) is 0.578. The van der Waals surface area contributed by atoms with Gasteiger partial charge in [0.05, 0.1) is 24.3 Å². The number of methoxy groups -OCH3 is 1. The van der Waals surface area contributed by atoms with Crippen molar-refractivity contribution in [3.05, 3.63) is 35.4 Å². The molecule has 0 bridgehead atoms. The van der Waals surface area contributed by atoms with Gasteiger partial charge in [-0.05, 0) is 24.5 Å². The molecule has 1 aromatic rings. The van der Waals surface area contributed by atoms with Gasteiger partial charge in [0, 0.05) is 0 Å². The maximum Gasteiger partial charge on any atom is 0.313 e. The van der Waals surface area contributed by atoms with Crippen LogP contribution in [-0.4, -0.2) is 41.6 Å². The predicted molar refractivity (Wildman–Crippen MR) is 81.8 cm³/mol. The van der Waals surface area contributed by atoms with Gasteiger partial charge >= 0.3 is 5.97 Å². The van der Waals surface area contributed by atoms with Crippen LogP contribution < -0.4 is 0 Å². The van der Waals surface area contributed by atoms with Crippen molar-refractivity contribution in [2.24, 2.45) is 5.92 Å². The molecule has 1 aliphatic heterocycles. The summed E-state index contributed by atoms with van der Waals surface area (Å²) in [6, 6.07) is 5.50. The number of imide groups is 1. The predicted octanol–water partition coefficient (Wildman–Crippen LogP) is 1.83. The minimum absolute atomic E-state index is 0.0749. The van der Waals surface area contributed by atoms with Gasteiger partial charge in [-0.2, -0.15) is 0 Å². The van der Waals surface area contributed by atoms with E-state index < -0.39 is 36.0 Å². The van der Waals surface area contributed by atoms with E-state index in [-0.39, 0.29) is 17.0 Å². The second kappa shape index (κ2) is 6.73. The summed E-state index contributed by atoms with van der Waals surface area (Å²) in [5.74, 6) is -2.07. The molecule has 0 unspecified atom stereocenters. The summed E-state index contributed by atoms with van der Waals surface area (Å²) in [6.45, 7) is 3.77. The van der Waals surface area contributed by atoms with Gasteiger partial charge < -0.3 is 4.74 Å². The summed E-state index contributed by atoms with van der Waals surface area (Å²) in [6.07, 6.45) is -0.150. The van der Waals surface area contributed by atoms with Crippen LogP contribution in [0.1, 0.15) is 47.4 Å². The fourth-order valence-electron chi connectivity index (χ4n) is 2.65. The van der Waals surface area contributed by atoms with Crippen molar-refractivity contribution in [2.45, 2.75) is 32.7 Å². The van der Waals surface area contributed by atoms with E-state index in [9.17, 15) is 19.2 Å². The summed E-state index contributed by atoms with van der Waals surface area (Å²) in [5, 5.41) is 0. The highest BCUT2D eigenvalue weighted by Crippen LogP contribution is 2.27. The van der Waals surface area contributed by atoms with Crippen molar-refractivity contribution < 1.29 is 23.9 Å². The van der Waals surface area contributed by atoms with Crippen LogP contribution in [0.3, 0.4) is 0 Å². The molecule has 0 N–H and O–H groups in total. The third kappa shape index (κ3) is 3.31. The maximum atomic E-state index is 12.5. The van der Waals surface area contributed by atoms with Gasteiger partial charge in [0.15, 0.2) is 5.78 Å². The van der Waals surface area contributed by atoms with Crippen LogP contribution in [0.5, 0.6) is 0 Å². The number of esters is 1. The first-order valence-electron chi connectivity index (χ1n) is 7.43. The Morgan fingerprint density at radius 3 is 2.04 bits per heavy atom. The highest BCUT2D eigenvalue weighted by atomic mass is 16.5. The van der Waals surface area contributed by atoms with Crippen molar-refractivity contribution in [1.29, 1.82) is 0 Å². The Labute approximate surface area is 134 Å². The molecule has 1 aliphatic rings. The average Bonchev–Trinajstić information content (AvgIpc) is 2.77. The molecule has 0 radical (unpaired) electrons. The number of ketones is 1. The van der Waals surface area contributed by atoms with Crippen molar-refractivity contribution in [3.63, 3.8) is 0 Å². The lowest BCUT2D eigenvalue weighted by molar-refractivity contribution is -0.144. The van der Waals surface area contributed by atoms with Crippen LogP contribution >= 0.6 is 0 Å². The smallest absolute Gasteiger partial charge is 0.313 e. The minimum Gasteiger partial charge on any atom is -0.469 e. The van der Waals surface area contributed by atoms with Crippen LogP contribution in [0.25, 0.3) is 0 Å². The lowest BCUT2D eigenvalue weighted by Crippen LogP contribution is -2.46. The van der Waals surface area contributed by atoms with Crippen LogP contribution in [0.15, 0.2) is 24.3 Å². The highest BCUT2D eigenvalue weighted by Gasteiger charge is 2.42. The third-order valence-corrected chi connectivity index (χ3v) is 3.75. The third-order valence-electron chi connectivity index (χ3n) is 3.75. The van der Waals surface area contributed by atoms with E-state index in [0.29, 0.717) is 6.42 Å². The van der Waals surface area contributed by atoms with E-state index in [1.54, 1.807) is 24.3 Å². The quantitative estimate of drug-likeness (QED) is 0.454. The van der Waals surface area contributed by atoms with E-state index in [1.807, 2.05) is 13.8 Å². The molecule has 6 heteroatoms. The standard InChI is InChI=1S/C17H19NO5/c1-10(2)8-13(14(19)9-15(20)23-3)18-16(21)11-6-4-5-7-12(11)17(18)22/h4-7,10,13H,8-9H2,1-3H3/t13-/m0/s1. The van der Waals surface area contributed by atoms with Crippen molar-refractivity contribution in [2.75, 3.05) is 7.11 Å². The average molecular weight is 317 g/mol. The fraction of sp³-hybridized carbons (Fsp3) is 0.412. The molecule has 2 rings (SSSR count). The molecule has 0 aromatic heterocycles. The van der Waals surface area contributed by atoms with Crippen molar-refractivity contribution >= 4 is 23.6 Å². The van der Waals surface area contributed by atoms with Gasteiger partial charge in [-0.3, -0.25) is 24.1 Å². The summed E-state index contributed by atoms with van der Waals surface area (Å²) in [4.78, 5) is 49.8. The van der Waals surface area contributed by atoms with Gasteiger partial charge in [-0.25, -0.2) is 0 Å². The Kier molecular flexibility index (Phi) is 4.93. The number of Topliss-reactive ketones (excluding diaryl/α,β-unsaturated/α-hetero) is 1. The minimum atomic E-state index is -0.957. The molecule has 0 fully saturated rings. The van der Waals surface area contributed by atoms with Gasteiger partial charge in [0.25, 0.3) is 11.8 Å². The zero-order chi connectivity index (χ0) is 17.1. The highest BCUT2D eigenvalue weighted by molar-refractivity contribution is 6.23. The number of rotatable bonds is 6. The zero-order valence-electron chi connectivity index (χ0n) is 13.4. The second-order valence-electron chi connectivity index (χ2n) is 5.89. The Morgan fingerprint density at radius 1 is 1.09 bits per heavy atom. The first kappa shape index (κ1) is 16.9. The lowest BCUT2D eigenvalue weighted by atomic mass is 9.97. The Bertz CT molecular complexity index is 630. The first-order valence-corrected chi connectivity index (χ1v) is 7.43. The Morgan fingerprint density at radius 2 is 1.61 bits per heavy atom. The van der Waals surface area contributed by atoms with Gasteiger partial charge in [-0.1, -0.05) is 26.0 Å². The maximum absolute atomic E-state index is 12.5. The molecular formula is C17H19NO5. The molecule has 0 saturated carbocycles. The fourth-order valence-corrected chi connectivity index (χ4v) is 2.65. The van der Waals surface area contributed by atoms with Gasteiger partial charge in [0.2, 0.25) is 0 Å². The summed E-state index contributed by atoms with van der Waals surface area (Å²) >= 11 is 0. The molecule has 6 nitrogen and oxygen atoms in total. The molecule has 122 valence electrons. The van der Waals surface area contributed by atoms with E-state index in [4.69, 9.17) is 0 Å². The monoisotopic (exact) mass is 317 g/mol. The van der Waals surface area contributed by atoms with Crippen molar-refractivity contribution in [1.82, 2.24) is 4.90 Å². The van der Waals surface area contributed by atoms with Gasteiger partial charge in [-0.15, -0.1) is 0 Å². The van der Waals surface area contributed by atoms with Crippen LogP contribution in [0.2, 0.25) is 0 Å². The number of carbonyl (C=O) groups excluding carboxylic acids is 4. The van der Waals surface area contributed by atoms with Crippen LogP contribution in [0, 0.1) is 5.92 Å². The second-order valence-corrected chi connectivity index (χ2v) is 5.89. The molecular weight excluding hydrogens is 298 g/mol. The number of fused-ring (bicyclic) bond motifs is 1. The largest absolute Gasteiger partial charge is 0.469 e. The zero-order valence-corrected chi connectivity index (χ0v) is 13.4. The molecule has 1 atom stereocenters. The van der Waals surface area contributed by atoms with E-state index in [0.717, 1.165) is 4.90 Å². The Hall–Kier alpha value is -2.50. The number of carbonyl (C=O) groups is 4. The molecule has 1 heterocycles. The number of hydrogen-bond acceptors (Lipinski definition) is 5.